The summed E-state index contributed by atoms with van der Waals surface area (Å²) in [5.41, 5.74) is 0. The van der Waals surface area contributed by atoms with Crippen LogP contribution >= 0.6 is 15.9 Å². The first-order valence-electron chi connectivity index (χ1n) is 5.48. The molecule has 0 aromatic heterocycles. The van der Waals surface area contributed by atoms with Gasteiger partial charge in [0.15, 0.2) is 0 Å². The zero-order valence-electron chi connectivity index (χ0n) is 7.19. The van der Waals surface area contributed by atoms with Crippen molar-refractivity contribution in [3.05, 3.63) is 0 Å². The average molecular weight is 239 g/mol. The molecular weight excluding hydrogens is 228 g/mol. The van der Waals surface area contributed by atoms with E-state index in [1.807, 2.05) is 0 Å². The van der Waals surface area contributed by atoms with Gasteiger partial charge in [0.1, 0.15) is 5.78 Å². The van der Waals surface area contributed by atoms with Crippen molar-refractivity contribution in [2.45, 2.75) is 11.2 Å². The van der Waals surface area contributed by atoms with Gasteiger partial charge in [-0.15, -0.1) is 0 Å². The zero-order chi connectivity index (χ0) is 8.48. The van der Waals surface area contributed by atoms with Crippen LogP contribution in [0.25, 0.3) is 0 Å². The molecule has 6 aliphatic carbocycles. The zero-order valence-corrected chi connectivity index (χ0v) is 8.78. The average Bonchev–Trinajstić information content (AvgIpc) is 2.78. The van der Waals surface area contributed by atoms with Crippen molar-refractivity contribution in [1.29, 1.82) is 0 Å². The van der Waals surface area contributed by atoms with Crippen molar-refractivity contribution in [1.82, 2.24) is 0 Å². The van der Waals surface area contributed by atoms with E-state index in [1.165, 1.54) is 6.42 Å². The molecule has 2 heteroatoms. The SMILES string of the molecule is O=C1[C@H]2[C@H]3[C@H]4C[C@@H]5[C@@H]3[C@@H](Br)[C@@H]2[C@@H]5[C@@H]14. The van der Waals surface area contributed by atoms with Gasteiger partial charge in [-0.2, -0.15) is 0 Å². The molecule has 0 saturated heterocycles. The molecule has 6 aliphatic rings. The molecule has 6 saturated carbocycles. The summed E-state index contributed by atoms with van der Waals surface area (Å²) in [6.45, 7) is 0. The van der Waals surface area contributed by atoms with Crippen molar-refractivity contribution >= 4 is 21.7 Å². The molecular formula is C11H11BrO. The number of carbonyl (C=O) groups is 1. The number of hydrogen-bond donors (Lipinski definition) is 0. The quantitative estimate of drug-likeness (QED) is 0.588. The minimum Gasteiger partial charge on any atom is -0.299 e. The Kier molecular flexibility index (Phi) is 0.790. The molecule has 9 atom stereocenters. The number of rotatable bonds is 0. The molecule has 0 radical (unpaired) electrons. The van der Waals surface area contributed by atoms with Gasteiger partial charge >= 0.3 is 0 Å². The second-order valence-electron chi connectivity index (χ2n) is 5.77. The summed E-state index contributed by atoms with van der Waals surface area (Å²) >= 11 is 3.86. The van der Waals surface area contributed by atoms with E-state index in [1.54, 1.807) is 0 Å². The number of ketones is 1. The lowest BCUT2D eigenvalue weighted by atomic mass is 9.71. The molecule has 0 aliphatic heterocycles. The van der Waals surface area contributed by atoms with Crippen LogP contribution in [0, 0.1) is 47.3 Å². The summed E-state index contributed by atoms with van der Waals surface area (Å²) in [6, 6.07) is 0. The second kappa shape index (κ2) is 1.56. The molecule has 0 unspecified atom stereocenters. The standard InChI is InChI=1S/C11H11BrO/c12-10-6-2-1-3-4(6)9-8(10)5(2)7(3)11(9)13/h2-10H,1H2/t2-,3+,4-,5-,6-,7-,8+,9-,10+/m0/s1. The lowest BCUT2D eigenvalue weighted by Crippen LogP contribution is -2.30. The Bertz CT molecular complexity index is 350. The van der Waals surface area contributed by atoms with Gasteiger partial charge in [0.25, 0.3) is 0 Å². The van der Waals surface area contributed by atoms with E-state index in [0.717, 1.165) is 40.3 Å². The first-order chi connectivity index (χ1) is 6.30. The summed E-state index contributed by atoms with van der Waals surface area (Å²) in [5.74, 6) is 6.90. The molecule has 6 rings (SSSR count). The fourth-order valence-electron chi connectivity index (χ4n) is 6.20. The predicted octanol–water partition coefficient (Wildman–Crippen LogP) is 1.71. The second-order valence-corrected chi connectivity index (χ2v) is 6.83. The first kappa shape index (κ1) is 6.60. The summed E-state index contributed by atoms with van der Waals surface area (Å²) < 4.78 is 0. The van der Waals surface area contributed by atoms with E-state index < -0.39 is 0 Å². The Hall–Kier alpha value is 0.150. The highest BCUT2D eigenvalue weighted by Crippen LogP contribution is 2.82. The molecule has 6 bridgehead atoms. The van der Waals surface area contributed by atoms with Crippen molar-refractivity contribution in [2.24, 2.45) is 47.3 Å². The molecule has 0 aromatic carbocycles. The Morgan fingerprint density at radius 1 is 1.00 bits per heavy atom. The molecule has 0 aromatic rings. The van der Waals surface area contributed by atoms with Gasteiger partial charge in [-0.25, -0.2) is 0 Å². The van der Waals surface area contributed by atoms with Crippen LogP contribution in [-0.2, 0) is 4.79 Å². The van der Waals surface area contributed by atoms with E-state index in [4.69, 9.17) is 0 Å². The van der Waals surface area contributed by atoms with Crippen LogP contribution in [-0.4, -0.2) is 10.6 Å². The largest absolute Gasteiger partial charge is 0.299 e. The van der Waals surface area contributed by atoms with Crippen LogP contribution in [0.1, 0.15) is 6.42 Å². The van der Waals surface area contributed by atoms with Crippen molar-refractivity contribution in [2.75, 3.05) is 0 Å². The molecule has 13 heavy (non-hydrogen) atoms. The molecule has 6 fully saturated rings. The number of Topliss-reactive ketones (excluding diaryl/α,β-unsaturated/α-hetero) is 1. The highest BCUT2D eigenvalue weighted by molar-refractivity contribution is 9.09. The van der Waals surface area contributed by atoms with E-state index in [-0.39, 0.29) is 0 Å². The van der Waals surface area contributed by atoms with Crippen molar-refractivity contribution < 1.29 is 4.79 Å². The Morgan fingerprint density at radius 3 is 2.54 bits per heavy atom. The van der Waals surface area contributed by atoms with Crippen LogP contribution in [0.2, 0.25) is 0 Å². The van der Waals surface area contributed by atoms with Crippen LogP contribution in [0.3, 0.4) is 0 Å². The summed E-state index contributed by atoms with van der Waals surface area (Å²) in [6.07, 6.45) is 1.41. The molecule has 0 spiro atoms. The smallest absolute Gasteiger partial charge is 0.140 e. The fraction of sp³-hybridized carbons (Fsp3) is 0.909. The predicted molar refractivity (Wildman–Crippen MR) is 50.3 cm³/mol. The van der Waals surface area contributed by atoms with Crippen LogP contribution in [0.4, 0.5) is 0 Å². The topological polar surface area (TPSA) is 17.1 Å². The molecule has 1 nitrogen and oxygen atoms in total. The van der Waals surface area contributed by atoms with Gasteiger partial charge in [0.2, 0.25) is 0 Å². The molecule has 0 amide bonds. The van der Waals surface area contributed by atoms with Crippen LogP contribution in [0.15, 0.2) is 0 Å². The fourth-order valence-corrected chi connectivity index (χ4v) is 7.62. The Labute approximate surface area is 85.4 Å². The van der Waals surface area contributed by atoms with Crippen molar-refractivity contribution in [3.8, 4) is 0 Å². The maximum absolute atomic E-state index is 12.0. The van der Waals surface area contributed by atoms with Gasteiger partial charge in [0.05, 0.1) is 0 Å². The monoisotopic (exact) mass is 238 g/mol. The van der Waals surface area contributed by atoms with Crippen LogP contribution in [0.5, 0.6) is 0 Å². The van der Waals surface area contributed by atoms with E-state index in [9.17, 15) is 4.79 Å². The third-order valence-electron chi connectivity index (χ3n) is 6.01. The third kappa shape index (κ3) is 0.397. The normalized spacial score (nSPS) is 79.8. The number of alkyl halides is 1. The van der Waals surface area contributed by atoms with Crippen molar-refractivity contribution in [3.63, 3.8) is 0 Å². The number of halogens is 1. The van der Waals surface area contributed by atoms with E-state index >= 15 is 0 Å². The minimum atomic E-state index is 0.521. The van der Waals surface area contributed by atoms with Crippen LogP contribution < -0.4 is 0 Å². The molecule has 0 N–H and O–H groups in total. The van der Waals surface area contributed by atoms with E-state index in [2.05, 4.69) is 15.9 Å². The maximum atomic E-state index is 12.0. The lowest BCUT2D eigenvalue weighted by molar-refractivity contribution is -0.122. The Balaban J connectivity index is 1.90. The summed E-state index contributed by atoms with van der Waals surface area (Å²) in [7, 11) is 0. The first-order valence-corrected chi connectivity index (χ1v) is 6.40. The van der Waals surface area contributed by atoms with Gasteiger partial charge in [0, 0.05) is 16.7 Å². The van der Waals surface area contributed by atoms with Gasteiger partial charge in [-0.1, -0.05) is 15.9 Å². The number of carbonyl (C=O) groups excluding carboxylic acids is 1. The summed E-state index contributed by atoms with van der Waals surface area (Å²) in [5, 5.41) is 0. The van der Waals surface area contributed by atoms with Gasteiger partial charge < -0.3 is 0 Å². The third-order valence-corrected chi connectivity index (χ3v) is 7.24. The summed E-state index contributed by atoms with van der Waals surface area (Å²) in [4.78, 5) is 12.7. The maximum Gasteiger partial charge on any atom is 0.140 e. The highest BCUT2D eigenvalue weighted by Gasteiger charge is 2.83. The minimum absolute atomic E-state index is 0.521. The van der Waals surface area contributed by atoms with Gasteiger partial charge in [-0.3, -0.25) is 4.79 Å². The molecule has 0 heterocycles. The van der Waals surface area contributed by atoms with E-state index in [0.29, 0.717) is 17.6 Å². The van der Waals surface area contributed by atoms with Gasteiger partial charge in [-0.05, 0) is 41.9 Å². The molecule has 68 valence electrons. The lowest BCUT2D eigenvalue weighted by Gasteiger charge is -2.32. The number of hydrogen-bond acceptors (Lipinski definition) is 1. The Morgan fingerprint density at radius 2 is 1.77 bits per heavy atom. The highest BCUT2D eigenvalue weighted by atomic mass is 79.9.